The lowest BCUT2D eigenvalue weighted by atomic mass is 10.1. The van der Waals surface area contributed by atoms with Crippen LogP contribution in [0.2, 0.25) is 0 Å². The Morgan fingerprint density at radius 3 is 2.32 bits per heavy atom. The molecule has 0 unspecified atom stereocenters. The number of halogens is 5. The van der Waals surface area contributed by atoms with Gasteiger partial charge in [0.25, 0.3) is 0 Å². The first-order valence-electron chi connectivity index (χ1n) is 5.31. The Balaban J connectivity index is 2.59. The summed E-state index contributed by atoms with van der Waals surface area (Å²) >= 11 is 0. The summed E-state index contributed by atoms with van der Waals surface area (Å²) in [6, 6.07) is -3.75. The molecule has 0 aliphatic heterocycles. The van der Waals surface area contributed by atoms with Crippen LogP contribution in [-0.4, -0.2) is 26.2 Å². The van der Waals surface area contributed by atoms with Crippen molar-refractivity contribution in [3.05, 3.63) is 17.8 Å². The first-order chi connectivity index (χ1) is 8.64. The van der Waals surface area contributed by atoms with Gasteiger partial charge < -0.3 is 0 Å². The number of fused-ring (bicyclic) bond motifs is 1. The zero-order valence-corrected chi connectivity index (χ0v) is 9.91. The van der Waals surface area contributed by atoms with Crippen molar-refractivity contribution < 1.29 is 22.0 Å². The summed E-state index contributed by atoms with van der Waals surface area (Å²) in [6.45, 7) is 3.66. The second-order valence-electron chi connectivity index (χ2n) is 4.31. The molecule has 0 N–H and O–H groups in total. The zero-order chi connectivity index (χ0) is 14.4. The fraction of sp³-hybridized carbons (Fsp3) is 0.500. The molecule has 0 aromatic carbocycles. The average molecular weight is 280 g/mol. The summed E-state index contributed by atoms with van der Waals surface area (Å²) in [5, 5.41) is 6.18. The molecule has 4 nitrogen and oxygen atoms in total. The van der Waals surface area contributed by atoms with Gasteiger partial charge in [0.15, 0.2) is 5.65 Å². The van der Waals surface area contributed by atoms with E-state index in [-0.39, 0.29) is 11.4 Å². The Morgan fingerprint density at radius 1 is 1.16 bits per heavy atom. The van der Waals surface area contributed by atoms with Crippen LogP contribution >= 0.6 is 0 Å². The topological polar surface area (TPSA) is 43.6 Å². The number of aromatic nitrogens is 4. The van der Waals surface area contributed by atoms with Gasteiger partial charge in [0.2, 0.25) is 0 Å². The Kier molecular flexibility index (Phi) is 2.94. The van der Waals surface area contributed by atoms with Crippen LogP contribution in [0.5, 0.6) is 0 Å². The largest absolute Gasteiger partial charge is 0.477 e. The van der Waals surface area contributed by atoms with Crippen molar-refractivity contribution in [1.29, 1.82) is 0 Å². The standard InChI is InChI=1S/C10H9F5N4/c1-5(2)6-3-7-8(16-4-6)19(18-17-7)10(14,15)9(11,12)13/h3-5H,1-2H3. The smallest absolute Gasteiger partial charge is 0.235 e. The Morgan fingerprint density at radius 2 is 1.79 bits per heavy atom. The van der Waals surface area contributed by atoms with Gasteiger partial charge >= 0.3 is 12.2 Å². The fourth-order valence-electron chi connectivity index (χ4n) is 1.46. The summed E-state index contributed by atoms with van der Waals surface area (Å²) in [7, 11) is 0. The average Bonchev–Trinajstić information content (AvgIpc) is 2.70. The zero-order valence-electron chi connectivity index (χ0n) is 9.91. The van der Waals surface area contributed by atoms with E-state index in [2.05, 4.69) is 15.3 Å². The highest BCUT2D eigenvalue weighted by atomic mass is 19.4. The van der Waals surface area contributed by atoms with Crippen molar-refractivity contribution in [3.8, 4) is 0 Å². The lowest BCUT2D eigenvalue weighted by Gasteiger charge is -2.18. The van der Waals surface area contributed by atoms with Gasteiger partial charge in [-0.3, -0.25) is 0 Å². The molecule has 0 saturated carbocycles. The van der Waals surface area contributed by atoms with Gasteiger partial charge in [0.1, 0.15) is 5.52 Å². The third kappa shape index (κ3) is 2.13. The van der Waals surface area contributed by atoms with Crippen molar-refractivity contribution in [1.82, 2.24) is 20.0 Å². The van der Waals surface area contributed by atoms with Crippen LogP contribution in [0.1, 0.15) is 25.3 Å². The lowest BCUT2D eigenvalue weighted by molar-refractivity contribution is -0.327. The molecule has 2 heterocycles. The van der Waals surface area contributed by atoms with Gasteiger partial charge in [0, 0.05) is 6.20 Å². The van der Waals surface area contributed by atoms with E-state index in [1.54, 1.807) is 0 Å². The quantitative estimate of drug-likeness (QED) is 0.794. The van der Waals surface area contributed by atoms with Gasteiger partial charge in [-0.05, 0) is 17.5 Å². The first-order valence-corrected chi connectivity index (χ1v) is 5.31. The number of pyridine rings is 1. The van der Waals surface area contributed by atoms with Crippen molar-refractivity contribution in [2.45, 2.75) is 32.0 Å². The molecule has 2 aromatic rings. The summed E-state index contributed by atoms with van der Waals surface area (Å²) < 4.78 is 62.7. The summed E-state index contributed by atoms with van der Waals surface area (Å²) in [5.41, 5.74) is -0.0308. The van der Waals surface area contributed by atoms with Crippen LogP contribution in [0.25, 0.3) is 11.2 Å². The van der Waals surface area contributed by atoms with Gasteiger partial charge in [-0.25, -0.2) is 4.98 Å². The molecule has 0 aliphatic rings. The third-order valence-corrected chi connectivity index (χ3v) is 2.58. The molecular weight excluding hydrogens is 271 g/mol. The van der Waals surface area contributed by atoms with E-state index in [4.69, 9.17) is 0 Å². The highest BCUT2D eigenvalue weighted by Crippen LogP contribution is 2.40. The molecule has 0 atom stereocenters. The molecule has 0 bridgehead atoms. The molecule has 0 aliphatic carbocycles. The molecule has 0 fully saturated rings. The van der Waals surface area contributed by atoms with E-state index in [0.717, 1.165) is 0 Å². The lowest BCUT2D eigenvalue weighted by Crippen LogP contribution is -2.40. The second kappa shape index (κ2) is 4.10. The molecule has 0 saturated heterocycles. The molecule has 2 aromatic heterocycles. The van der Waals surface area contributed by atoms with Crippen molar-refractivity contribution in [3.63, 3.8) is 0 Å². The van der Waals surface area contributed by atoms with Crippen molar-refractivity contribution in [2.24, 2.45) is 0 Å². The molecule has 19 heavy (non-hydrogen) atoms. The van der Waals surface area contributed by atoms with Crippen molar-refractivity contribution >= 4 is 11.2 Å². The van der Waals surface area contributed by atoms with Crippen LogP contribution in [0.4, 0.5) is 22.0 Å². The van der Waals surface area contributed by atoms with Gasteiger partial charge in [-0.2, -0.15) is 26.6 Å². The van der Waals surface area contributed by atoms with Crippen LogP contribution in [0.3, 0.4) is 0 Å². The van der Waals surface area contributed by atoms with Gasteiger partial charge in [-0.15, -0.1) is 5.10 Å². The molecule has 104 valence electrons. The van der Waals surface area contributed by atoms with Crippen molar-refractivity contribution in [2.75, 3.05) is 0 Å². The van der Waals surface area contributed by atoms with Gasteiger partial charge in [-0.1, -0.05) is 19.1 Å². The molecule has 0 spiro atoms. The normalized spacial score (nSPS) is 13.5. The van der Waals surface area contributed by atoms with E-state index in [1.807, 2.05) is 13.8 Å². The molecule has 2 rings (SSSR count). The minimum absolute atomic E-state index is 0.0465. The maximum atomic E-state index is 13.2. The van der Waals surface area contributed by atoms with Crippen LogP contribution in [0, 0.1) is 0 Å². The number of rotatable bonds is 2. The predicted molar refractivity (Wildman–Crippen MR) is 55.7 cm³/mol. The molecular formula is C10H9F5N4. The Bertz CT molecular complexity index is 601. The van der Waals surface area contributed by atoms with Crippen LogP contribution in [-0.2, 0) is 6.05 Å². The minimum Gasteiger partial charge on any atom is -0.235 e. The fourth-order valence-corrected chi connectivity index (χ4v) is 1.46. The van der Waals surface area contributed by atoms with E-state index in [1.165, 1.54) is 12.3 Å². The van der Waals surface area contributed by atoms with E-state index in [9.17, 15) is 22.0 Å². The van der Waals surface area contributed by atoms with Crippen LogP contribution in [0.15, 0.2) is 12.3 Å². The van der Waals surface area contributed by atoms with Crippen LogP contribution < -0.4 is 0 Å². The summed E-state index contributed by atoms with van der Waals surface area (Å²) in [4.78, 5) is 3.60. The van der Waals surface area contributed by atoms with E-state index < -0.39 is 22.6 Å². The first kappa shape index (κ1) is 13.6. The maximum Gasteiger partial charge on any atom is 0.477 e. The number of hydrogen-bond donors (Lipinski definition) is 0. The number of alkyl halides is 5. The molecule has 9 heteroatoms. The highest BCUT2D eigenvalue weighted by Gasteiger charge is 2.61. The minimum atomic E-state index is -5.76. The second-order valence-corrected chi connectivity index (χ2v) is 4.31. The maximum absolute atomic E-state index is 13.2. The number of hydrogen-bond acceptors (Lipinski definition) is 3. The summed E-state index contributed by atoms with van der Waals surface area (Å²) in [5.74, 6) is 0.0465. The molecule has 0 radical (unpaired) electrons. The highest BCUT2D eigenvalue weighted by molar-refractivity contribution is 5.70. The molecule has 0 amide bonds. The van der Waals surface area contributed by atoms with E-state index in [0.29, 0.717) is 5.56 Å². The van der Waals surface area contributed by atoms with Gasteiger partial charge in [0.05, 0.1) is 0 Å². The SMILES string of the molecule is CC(C)c1cnc2c(c1)nnn2C(F)(F)C(F)(F)F. The van der Waals surface area contributed by atoms with E-state index >= 15 is 0 Å². The Labute approximate surface area is 104 Å². The number of nitrogens with zero attached hydrogens (tertiary/aromatic N) is 4. The third-order valence-electron chi connectivity index (χ3n) is 2.58. The monoisotopic (exact) mass is 280 g/mol. The predicted octanol–water partition coefficient (Wildman–Crippen LogP) is 3.06. The Hall–Kier alpha value is -1.80. The summed E-state index contributed by atoms with van der Waals surface area (Å²) in [6.07, 6.45) is -4.52.